The van der Waals surface area contributed by atoms with E-state index in [1.807, 2.05) is 0 Å². The third-order valence-corrected chi connectivity index (χ3v) is 16.6. The van der Waals surface area contributed by atoms with E-state index in [1.54, 1.807) is 0 Å². The molecule has 0 aromatic heterocycles. The van der Waals surface area contributed by atoms with Crippen molar-refractivity contribution in [3.05, 3.63) is 0 Å². The minimum atomic E-state index is -1.14. The summed E-state index contributed by atoms with van der Waals surface area (Å²) in [5.41, 5.74) is 61.6. The monoisotopic (exact) mass is 1240 g/mol. The average Bonchev–Trinajstić information content (AvgIpc) is 3.70. The van der Waals surface area contributed by atoms with E-state index in [0.717, 1.165) is 0 Å². The fraction of sp³-hybridized carbons (Fsp3) is 0.789. The van der Waals surface area contributed by atoms with Crippen molar-refractivity contribution in [2.75, 3.05) is 39.3 Å². The lowest BCUT2D eigenvalue weighted by atomic mass is 9.82. The second-order valence-electron chi connectivity index (χ2n) is 23.7. The third-order valence-electron chi connectivity index (χ3n) is 16.6. The van der Waals surface area contributed by atoms with Crippen molar-refractivity contribution in [3.8, 4) is 0 Å². The molecule has 3 saturated carbocycles. The number of aliphatic imine (C=N–C) groups is 3. The van der Waals surface area contributed by atoms with Crippen LogP contribution in [0.4, 0.5) is 0 Å². The maximum Gasteiger partial charge on any atom is 0.243 e. The van der Waals surface area contributed by atoms with Gasteiger partial charge >= 0.3 is 0 Å². The molecule has 0 aliphatic heterocycles. The highest BCUT2D eigenvalue weighted by atomic mass is 16.2. The molecule has 3 fully saturated rings. The fourth-order valence-electron chi connectivity index (χ4n) is 11.3. The van der Waals surface area contributed by atoms with Crippen LogP contribution in [0.1, 0.15) is 173 Å². The molecule has 0 bridgehead atoms. The summed E-state index contributed by atoms with van der Waals surface area (Å²) in [6.07, 6.45) is 12.7. The molecule has 3 aliphatic rings. The van der Waals surface area contributed by atoms with Crippen molar-refractivity contribution in [1.29, 1.82) is 0 Å². The molecule has 3 rings (SSSR count). The normalized spacial score (nSPS) is 21.1. The number of carbonyl (C=O) groups excluding carboxylic acids is 9. The van der Waals surface area contributed by atoms with E-state index < -0.39 is 71.7 Å². The maximum absolute atomic E-state index is 14.0. The van der Waals surface area contributed by atoms with Gasteiger partial charge in [0.1, 0.15) is 30.2 Å². The quantitative estimate of drug-likeness (QED) is 0.0157. The summed E-state index contributed by atoms with van der Waals surface area (Å²) >= 11 is 0. The number of nitrogens with zero attached hydrogens (tertiary/aromatic N) is 3. The molecular weight excluding hydrogens is 1140 g/mol. The Morgan fingerprint density at radius 1 is 0.330 bits per heavy atom. The van der Waals surface area contributed by atoms with Crippen LogP contribution < -0.4 is 106 Å². The van der Waals surface area contributed by atoms with Gasteiger partial charge in [0.05, 0.1) is 6.04 Å². The van der Waals surface area contributed by atoms with E-state index in [0.29, 0.717) is 180 Å². The van der Waals surface area contributed by atoms with Gasteiger partial charge in [-0.1, -0.05) is 0 Å². The number of carbonyl (C=O) groups is 9. The van der Waals surface area contributed by atoms with Crippen molar-refractivity contribution >= 4 is 71.0 Å². The van der Waals surface area contributed by atoms with Gasteiger partial charge < -0.3 is 106 Å². The Balaban J connectivity index is 1.50. The van der Waals surface area contributed by atoms with Crippen molar-refractivity contribution in [2.45, 2.75) is 228 Å². The van der Waals surface area contributed by atoms with Gasteiger partial charge in [-0.15, -0.1) is 0 Å². The van der Waals surface area contributed by atoms with Crippen LogP contribution in [0.3, 0.4) is 0 Å². The van der Waals surface area contributed by atoms with E-state index in [1.165, 1.54) is 0 Å². The van der Waals surface area contributed by atoms with Crippen LogP contribution in [0.15, 0.2) is 15.0 Å². The van der Waals surface area contributed by atoms with Crippen molar-refractivity contribution in [2.24, 2.45) is 95.8 Å². The largest absolute Gasteiger partial charge is 0.370 e. The second-order valence-corrected chi connectivity index (χ2v) is 23.7. The smallest absolute Gasteiger partial charge is 0.243 e. The van der Waals surface area contributed by atoms with Crippen LogP contribution >= 0.6 is 0 Å². The van der Waals surface area contributed by atoms with E-state index in [9.17, 15) is 43.2 Å². The summed E-state index contributed by atoms with van der Waals surface area (Å²) in [4.78, 5) is 133. The third kappa shape index (κ3) is 29.7. The number of hydrogen-bond acceptors (Lipinski definition) is 16. The molecule has 3 aliphatic carbocycles. The van der Waals surface area contributed by atoms with Gasteiger partial charge in [0, 0.05) is 55.5 Å². The first-order chi connectivity index (χ1) is 42.0. The van der Waals surface area contributed by atoms with Gasteiger partial charge in [-0.05, 0) is 193 Å². The van der Waals surface area contributed by atoms with Crippen molar-refractivity contribution in [3.63, 3.8) is 0 Å². The summed E-state index contributed by atoms with van der Waals surface area (Å²) in [5, 5.41) is 23.4. The minimum absolute atomic E-state index is 0.0489. The van der Waals surface area contributed by atoms with Crippen LogP contribution in [0, 0.1) is 17.8 Å². The Bertz CT molecular complexity index is 2270. The van der Waals surface area contributed by atoms with Crippen LogP contribution in [0.2, 0.25) is 0 Å². The minimum Gasteiger partial charge on any atom is -0.370 e. The lowest BCUT2D eigenvalue weighted by Gasteiger charge is -2.34. The number of nitrogens with one attached hydrogen (secondary N) is 8. The van der Waals surface area contributed by atoms with E-state index in [2.05, 4.69) is 57.5 Å². The zero-order valence-corrected chi connectivity index (χ0v) is 51.6. The Morgan fingerprint density at radius 2 is 0.625 bits per heavy atom. The van der Waals surface area contributed by atoms with Crippen LogP contribution in [0.25, 0.3) is 0 Å². The number of unbranched alkanes of at least 4 members (excludes halogenated alkanes) is 3. The van der Waals surface area contributed by atoms with Crippen molar-refractivity contribution < 1.29 is 43.2 Å². The highest BCUT2D eigenvalue weighted by Gasteiger charge is 2.36. The first kappa shape index (κ1) is 75.1. The molecule has 9 amide bonds. The summed E-state index contributed by atoms with van der Waals surface area (Å²) in [5.74, 6) is -5.10. The van der Waals surface area contributed by atoms with Gasteiger partial charge in [-0.3, -0.25) is 58.1 Å². The van der Waals surface area contributed by atoms with Crippen LogP contribution in [0.5, 0.6) is 0 Å². The predicted octanol–water partition coefficient (Wildman–Crippen LogP) is -4.20. The van der Waals surface area contributed by atoms with Gasteiger partial charge in [0.2, 0.25) is 53.2 Å². The SMILES string of the molecule is NCCCC[C@H](NC(=O)[C@H](CCCN=C(N)N)NC(=O)[C@H](CCCN=C(N)N)NC(=O)C1CCC(NC(=O)C2CCC(NC(=O)C3CCC(NC(=O)[C@H](CCCCN)NC(=O)[C@H](CCCCN)NC(=O)[C@@H](N)CCCN=C(N)N)CC3)CC2)CC1)C(N)=O. The molecule has 6 atom stereocenters. The molecule has 88 heavy (non-hydrogen) atoms. The number of amides is 9. The molecule has 0 aromatic rings. The standard InChI is InChI=1S/C57H108N22O9/c58-28-4-1-11-41(46(62)80)75-52(86)45(15-9-33-71-57(67)68)79-54(88)44(14-8-32-70-56(65)66)76-49(83)36-20-24-38(25-21-36)73-47(81)34-16-22-37(23-17-34)72-48(82)35-18-26-39(27-19-35)74-51(85)42(12-2-5-29-59)78-53(87)43(13-3-6-30-60)77-50(84)40(61)10-7-31-69-55(63)64/h34-45H,1-33,58-61H2,(H2,62,80)(H,72,82)(H,73,81)(H,74,85)(H,75,86)(H,76,83)(H,77,84)(H,78,87)(H,79,88)(H4,63,64,69)(H4,65,66,70)(H4,67,68,71)/t34?,35?,36?,37?,38?,39?,40-,41-,42-,43-,44-,45-/m0/s1. The van der Waals surface area contributed by atoms with E-state index >= 15 is 0 Å². The zero-order chi connectivity index (χ0) is 65.0. The van der Waals surface area contributed by atoms with Crippen LogP contribution in [-0.2, 0) is 43.2 Å². The number of hydrogen-bond donors (Lipinski definition) is 19. The molecule has 0 aromatic carbocycles. The molecule has 500 valence electrons. The molecule has 0 unspecified atom stereocenters. The van der Waals surface area contributed by atoms with Gasteiger partial charge in [-0.2, -0.15) is 0 Å². The summed E-state index contributed by atoms with van der Waals surface area (Å²) in [6.45, 7) is 1.86. The number of nitrogens with two attached hydrogens (primary N) is 11. The number of primary amides is 1. The molecule has 0 radical (unpaired) electrons. The summed E-state index contributed by atoms with van der Waals surface area (Å²) in [7, 11) is 0. The van der Waals surface area contributed by atoms with Crippen LogP contribution in [-0.4, -0.2) is 165 Å². The van der Waals surface area contributed by atoms with E-state index in [-0.39, 0.29) is 104 Å². The molecule has 31 nitrogen and oxygen atoms in total. The van der Waals surface area contributed by atoms with Gasteiger partial charge in [0.25, 0.3) is 0 Å². The van der Waals surface area contributed by atoms with Crippen molar-refractivity contribution in [1.82, 2.24) is 42.5 Å². The Hall–Kier alpha value is -7.12. The van der Waals surface area contributed by atoms with E-state index in [4.69, 9.17) is 63.1 Å². The fourth-order valence-corrected chi connectivity index (χ4v) is 11.3. The first-order valence-corrected chi connectivity index (χ1v) is 31.8. The predicted molar refractivity (Wildman–Crippen MR) is 337 cm³/mol. The molecule has 0 saturated heterocycles. The summed E-state index contributed by atoms with van der Waals surface area (Å²) in [6, 6.07) is -6.40. The number of guanidine groups is 3. The number of rotatable bonds is 41. The Labute approximate surface area is 517 Å². The molecule has 31 heteroatoms. The second kappa shape index (κ2) is 41.9. The maximum atomic E-state index is 14.0. The highest BCUT2D eigenvalue weighted by Crippen LogP contribution is 2.30. The molecule has 30 N–H and O–H groups in total. The molecule has 0 spiro atoms. The Kier molecular flexibility index (Phi) is 35.8. The zero-order valence-electron chi connectivity index (χ0n) is 51.6. The average molecular weight is 1250 g/mol. The topological polar surface area (TPSA) is 573 Å². The lowest BCUT2D eigenvalue weighted by Crippen LogP contribution is -2.57. The molecule has 0 heterocycles. The lowest BCUT2D eigenvalue weighted by molar-refractivity contribution is -0.134. The van der Waals surface area contributed by atoms with Gasteiger partial charge in [0.15, 0.2) is 17.9 Å². The molecular formula is C57H108N22O9. The summed E-state index contributed by atoms with van der Waals surface area (Å²) < 4.78 is 0. The first-order valence-electron chi connectivity index (χ1n) is 31.8. The van der Waals surface area contributed by atoms with Gasteiger partial charge in [-0.25, -0.2) is 0 Å². The Morgan fingerprint density at radius 3 is 0.989 bits per heavy atom. The highest BCUT2D eigenvalue weighted by molar-refractivity contribution is 5.95.